The van der Waals surface area contributed by atoms with Crippen LogP contribution in [0.1, 0.15) is 5.56 Å². The molecule has 1 saturated heterocycles. The smallest absolute Gasteiger partial charge is 0.243 e. The molecular formula is C11H14BrNO3S. The van der Waals surface area contributed by atoms with Crippen LogP contribution in [0, 0.1) is 6.92 Å². The summed E-state index contributed by atoms with van der Waals surface area (Å²) in [6.07, 6.45) is 0. The third-order valence-electron chi connectivity index (χ3n) is 3.02. The number of sulfonamides is 1. The number of alkyl halides is 1. The van der Waals surface area contributed by atoms with Crippen molar-refractivity contribution in [3.8, 4) is 0 Å². The largest absolute Gasteiger partial charge is 0.394 e. The minimum atomic E-state index is -3.47. The van der Waals surface area contributed by atoms with Gasteiger partial charge in [-0.25, -0.2) is 8.42 Å². The number of hydrogen-bond donors (Lipinski definition) is 1. The van der Waals surface area contributed by atoms with Gasteiger partial charge in [-0.1, -0.05) is 33.6 Å². The molecule has 0 bridgehead atoms. The molecule has 0 aliphatic carbocycles. The Balaban J connectivity index is 2.30. The summed E-state index contributed by atoms with van der Waals surface area (Å²) < 4.78 is 25.8. The van der Waals surface area contributed by atoms with Crippen molar-refractivity contribution >= 4 is 26.0 Å². The first-order chi connectivity index (χ1) is 7.96. The number of benzene rings is 1. The highest BCUT2D eigenvalue weighted by atomic mass is 79.9. The zero-order valence-electron chi connectivity index (χ0n) is 9.43. The molecule has 1 aliphatic rings. The van der Waals surface area contributed by atoms with E-state index in [1.807, 2.05) is 6.92 Å². The summed E-state index contributed by atoms with van der Waals surface area (Å²) in [6, 6.07) is 6.73. The van der Waals surface area contributed by atoms with Crippen LogP contribution in [0.15, 0.2) is 29.2 Å². The second kappa shape index (κ2) is 4.35. The number of hydrogen-bond acceptors (Lipinski definition) is 3. The Morgan fingerprint density at radius 2 is 2.00 bits per heavy atom. The number of aliphatic hydroxyl groups excluding tert-OH is 1. The van der Waals surface area contributed by atoms with Crippen molar-refractivity contribution in [2.45, 2.75) is 17.4 Å². The predicted octanol–water partition coefficient (Wildman–Crippen LogP) is 1.13. The van der Waals surface area contributed by atoms with Crippen LogP contribution in [-0.2, 0) is 10.0 Å². The lowest BCUT2D eigenvalue weighted by molar-refractivity contribution is 0.248. The Kier molecular flexibility index (Phi) is 3.33. The van der Waals surface area contributed by atoms with Crippen LogP contribution in [0.3, 0.4) is 0 Å². The molecule has 1 heterocycles. The third-order valence-corrected chi connectivity index (χ3v) is 6.02. The van der Waals surface area contributed by atoms with Crippen LogP contribution in [0.4, 0.5) is 0 Å². The molecule has 6 heteroatoms. The first-order valence-electron chi connectivity index (χ1n) is 5.23. The van der Waals surface area contributed by atoms with Crippen LogP contribution in [0.2, 0.25) is 0 Å². The topological polar surface area (TPSA) is 57.4 Å². The van der Waals surface area contributed by atoms with Gasteiger partial charge < -0.3 is 5.11 Å². The molecule has 2 unspecified atom stereocenters. The lowest BCUT2D eigenvalue weighted by Gasteiger charge is -2.12. The molecule has 0 aromatic heterocycles. The van der Waals surface area contributed by atoms with E-state index in [9.17, 15) is 13.5 Å². The number of aliphatic hydroxyl groups is 1. The predicted molar refractivity (Wildman–Crippen MR) is 68.7 cm³/mol. The molecule has 0 amide bonds. The van der Waals surface area contributed by atoms with Crippen molar-refractivity contribution in [2.24, 2.45) is 0 Å². The van der Waals surface area contributed by atoms with Gasteiger partial charge in [-0.2, -0.15) is 4.31 Å². The molecule has 0 saturated carbocycles. The number of nitrogens with zero attached hydrogens (tertiary/aromatic N) is 1. The van der Waals surface area contributed by atoms with E-state index in [-0.39, 0.29) is 11.5 Å². The first kappa shape index (κ1) is 13.0. The summed E-state index contributed by atoms with van der Waals surface area (Å²) in [5.74, 6) is 0. The van der Waals surface area contributed by atoms with Crippen LogP contribution in [-0.4, -0.2) is 41.9 Å². The van der Waals surface area contributed by atoms with E-state index in [1.54, 1.807) is 24.3 Å². The molecule has 1 fully saturated rings. The molecule has 0 spiro atoms. The Morgan fingerprint density at radius 1 is 1.41 bits per heavy atom. The van der Waals surface area contributed by atoms with Gasteiger partial charge in [0.25, 0.3) is 0 Å². The minimum absolute atomic E-state index is 0.163. The second-order valence-electron chi connectivity index (χ2n) is 4.34. The Bertz CT molecular complexity index is 508. The molecule has 1 aromatic carbocycles. The molecule has 1 aliphatic heterocycles. The molecule has 0 radical (unpaired) electrons. The summed E-state index contributed by atoms with van der Waals surface area (Å²) in [5.41, 5.74) is 0.368. The fraction of sp³-hybridized carbons (Fsp3) is 0.455. The van der Waals surface area contributed by atoms with E-state index in [4.69, 9.17) is 0 Å². The van der Waals surface area contributed by atoms with E-state index >= 15 is 0 Å². The van der Waals surface area contributed by atoms with Crippen LogP contribution in [0.25, 0.3) is 0 Å². The van der Waals surface area contributed by atoms with Crippen LogP contribution >= 0.6 is 15.9 Å². The molecule has 2 rings (SSSR count). The molecule has 17 heavy (non-hydrogen) atoms. The normalized spacial score (nSPS) is 28.1. The SMILES string of the molecule is Cc1ccc(S(=O)(=O)N2CC2(CO)CBr)cc1. The fourth-order valence-electron chi connectivity index (χ4n) is 1.69. The van der Waals surface area contributed by atoms with E-state index in [0.29, 0.717) is 11.9 Å². The summed E-state index contributed by atoms with van der Waals surface area (Å²) in [5, 5.41) is 9.69. The zero-order chi connectivity index (χ0) is 12.7. The molecular weight excluding hydrogens is 306 g/mol. The zero-order valence-corrected chi connectivity index (χ0v) is 11.8. The van der Waals surface area contributed by atoms with Gasteiger partial charge in [0.1, 0.15) is 0 Å². The molecule has 1 aromatic rings. The van der Waals surface area contributed by atoms with E-state index in [2.05, 4.69) is 15.9 Å². The summed E-state index contributed by atoms with van der Waals surface area (Å²) in [7, 11) is -3.47. The van der Waals surface area contributed by atoms with Gasteiger partial charge in [0.05, 0.1) is 17.0 Å². The van der Waals surface area contributed by atoms with Gasteiger partial charge in [0.2, 0.25) is 10.0 Å². The lowest BCUT2D eigenvalue weighted by atomic mass is 10.2. The fourth-order valence-corrected chi connectivity index (χ4v) is 4.29. The Labute approximate surface area is 109 Å². The minimum Gasteiger partial charge on any atom is -0.394 e. The second-order valence-corrected chi connectivity index (χ2v) is 6.76. The molecule has 4 nitrogen and oxygen atoms in total. The van der Waals surface area contributed by atoms with Crippen molar-refractivity contribution in [1.82, 2.24) is 4.31 Å². The van der Waals surface area contributed by atoms with Crippen molar-refractivity contribution in [3.63, 3.8) is 0 Å². The van der Waals surface area contributed by atoms with Gasteiger partial charge in [0.15, 0.2) is 0 Å². The van der Waals surface area contributed by atoms with Gasteiger partial charge in [-0.3, -0.25) is 0 Å². The summed E-state index contributed by atoms with van der Waals surface area (Å²) >= 11 is 3.24. The average molecular weight is 320 g/mol. The standard InChI is InChI=1S/C11H14BrNO3S/c1-9-2-4-10(5-3-9)17(15,16)13-7-11(13,6-12)8-14/h2-5,14H,6-8H2,1H3. The highest BCUT2D eigenvalue weighted by molar-refractivity contribution is 9.09. The maximum Gasteiger partial charge on any atom is 0.243 e. The van der Waals surface area contributed by atoms with Crippen LogP contribution < -0.4 is 0 Å². The maximum absolute atomic E-state index is 12.2. The third kappa shape index (κ3) is 2.14. The van der Waals surface area contributed by atoms with Crippen LogP contribution in [0.5, 0.6) is 0 Å². The first-order valence-corrected chi connectivity index (χ1v) is 7.79. The average Bonchev–Trinajstić information content (AvgIpc) is 3.06. The Morgan fingerprint density at radius 3 is 2.41 bits per heavy atom. The van der Waals surface area contributed by atoms with Crippen molar-refractivity contribution in [3.05, 3.63) is 29.8 Å². The summed E-state index contributed by atoms with van der Waals surface area (Å²) in [6.45, 7) is 2.11. The van der Waals surface area contributed by atoms with Crippen molar-refractivity contribution in [2.75, 3.05) is 18.5 Å². The van der Waals surface area contributed by atoms with Gasteiger partial charge in [-0.15, -0.1) is 0 Å². The highest BCUT2D eigenvalue weighted by Gasteiger charge is 2.57. The van der Waals surface area contributed by atoms with E-state index in [1.165, 1.54) is 4.31 Å². The molecule has 1 N–H and O–H groups in total. The number of rotatable bonds is 4. The van der Waals surface area contributed by atoms with Gasteiger partial charge in [0, 0.05) is 11.9 Å². The van der Waals surface area contributed by atoms with Crippen molar-refractivity contribution in [1.29, 1.82) is 0 Å². The highest BCUT2D eigenvalue weighted by Crippen LogP contribution is 2.39. The molecule has 94 valence electrons. The van der Waals surface area contributed by atoms with Gasteiger partial charge >= 0.3 is 0 Å². The van der Waals surface area contributed by atoms with E-state index < -0.39 is 15.6 Å². The summed E-state index contributed by atoms with van der Waals surface area (Å²) in [4.78, 5) is 0.277. The lowest BCUT2D eigenvalue weighted by Crippen LogP contribution is -2.29. The van der Waals surface area contributed by atoms with E-state index in [0.717, 1.165) is 5.56 Å². The maximum atomic E-state index is 12.2. The number of aryl methyl sites for hydroxylation is 1. The van der Waals surface area contributed by atoms with Gasteiger partial charge in [-0.05, 0) is 19.1 Å². The quantitative estimate of drug-likeness (QED) is 0.668. The monoisotopic (exact) mass is 319 g/mol. The number of halogens is 1. The Hall–Kier alpha value is -0.430. The molecule has 2 atom stereocenters. The van der Waals surface area contributed by atoms with Crippen molar-refractivity contribution < 1.29 is 13.5 Å².